The van der Waals surface area contributed by atoms with Gasteiger partial charge in [0.25, 0.3) is 0 Å². The predicted octanol–water partition coefficient (Wildman–Crippen LogP) is 8.44. The third-order valence-corrected chi connectivity index (χ3v) is 6.97. The number of halogens is 2. The normalized spacial score (nSPS) is 12.5. The van der Waals surface area contributed by atoms with Crippen molar-refractivity contribution in [1.29, 1.82) is 0 Å². The molecule has 0 saturated heterocycles. The van der Waals surface area contributed by atoms with Crippen molar-refractivity contribution in [3.63, 3.8) is 0 Å². The fraction of sp³-hybridized carbons (Fsp3) is 0. The minimum atomic E-state index is 0.307. The fourth-order valence-electron chi connectivity index (χ4n) is 4.47. The van der Waals surface area contributed by atoms with Gasteiger partial charge in [0.15, 0.2) is 23.0 Å². The van der Waals surface area contributed by atoms with E-state index in [1.165, 1.54) is 0 Å². The second-order valence-corrected chi connectivity index (χ2v) is 9.26. The quantitative estimate of drug-likeness (QED) is 0.236. The van der Waals surface area contributed by atoms with Gasteiger partial charge in [0.05, 0.1) is 0 Å². The smallest absolute Gasteiger partial charge is 0.175 e. The van der Waals surface area contributed by atoms with Crippen LogP contribution in [0.5, 0.6) is 23.0 Å². The Balaban J connectivity index is 1.35. The summed E-state index contributed by atoms with van der Waals surface area (Å²) in [4.78, 5) is 9.54. The van der Waals surface area contributed by atoms with Gasteiger partial charge in [-0.1, -0.05) is 96.0 Å². The number of ether oxygens (including phenoxy) is 2. The lowest BCUT2D eigenvalue weighted by Gasteiger charge is -2.21. The molecule has 5 aromatic rings. The highest BCUT2D eigenvalue weighted by atomic mass is 35.5. The average molecular weight is 507 g/mol. The predicted molar refractivity (Wildman–Crippen MR) is 142 cm³/mol. The molecule has 2 aliphatic heterocycles. The molecule has 6 heteroatoms. The topological polar surface area (TPSA) is 43.2 Å². The van der Waals surface area contributed by atoms with Crippen LogP contribution in [0.25, 0.3) is 22.3 Å². The van der Waals surface area contributed by atoms with Crippen molar-refractivity contribution in [2.45, 2.75) is 0 Å². The van der Waals surface area contributed by atoms with Gasteiger partial charge >= 0.3 is 0 Å². The van der Waals surface area contributed by atoms with Gasteiger partial charge < -0.3 is 9.47 Å². The number of hydrogen-bond acceptors (Lipinski definition) is 4. The van der Waals surface area contributed by atoms with E-state index >= 15 is 0 Å². The van der Waals surface area contributed by atoms with Crippen LogP contribution in [-0.2, 0) is 0 Å². The van der Waals surface area contributed by atoms with E-state index < -0.39 is 0 Å². The molecule has 0 bridgehead atoms. The monoisotopic (exact) mass is 506 g/mol. The molecule has 4 nitrogen and oxygen atoms in total. The lowest BCUT2D eigenvalue weighted by molar-refractivity contribution is 0.451. The summed E-state index contributed by atoms with van der Waals surface area (Å²) in [5.41, 5.74) is 5.53. The SMILES string of the molecule is Clc1c2c(c(Cl)c3c1=Nc1ccc(-c4ccccc4)cc1O3)=Nc1ccc(-c3ccccc3)cc1O2. The summed E-state index contributed by atoms with van der Waals surface area (Å²) in [6, 6.07) is 31.9. The molecular formula is C30H16Cl2N2O2. The molecular weight excluding hydrogens is 491 g/mol. The zero-order valence-electron chi connectivity index (χ0n) is 18.7. The maximum absolute atomic E-state index is 6.82. The number of nitrogens with zero attached hydrogens (tertiary/aromatic N) is 2. The van der Waals surface area contributed by atoms with Gasteiger partial charge in [0.2, 0.25) is 0 Å². The lowest BCUT2D eigenvalue weighted by atomic mass is 10.0. The van der Waals surface area contributed by atoms with Gasteiger partial charge in [0, 0.05) is 0 Å². The van der Waals surface area contributed by atoms with Crippen LogP contribution < -0.4 is 20.2 Å². The van der Waals surface area contributed by atoms with Gasteiger partial charge in [-0.2, -0.15) is 0 Å². The number of benzene rings is 5. The molecule has 36 heavy (non-hydrogen) atoms. The second kappa shape index (κ2) is 8.23. The van der Waals surface area contributed by atoms with E-state index in [2.05, 4.69) is 0 Å². The van der Waals surface area contributed by atoms with Gasteiger partial charge in [-0.3, -0.25) is 0 Å². The number of hydrogen-bond donors (Lipinski definition) is 0. The number of rotatable bonds is 2. The zero-order chi connectivity index (χ0) is 24.2. The van der Waals surface area contributed by atoms with Crippen LogP contribution in [0.3, 0.4) is 0 Å². The van der Waals surface area contributed by atoms with E-state index in [-0.39, 0.29) is 0 Å². The largest absolute Gasteiger partial charge is 0.451 e. The fourth-order valence-corrected chi connectivity index (χ4v) is 4.98. The van der Waals surface area contributed by atoms with E-state index in [0.29, 0.717) is 55.1 Å². The highest BCUT2D eigenvalue weighted by Crippen LogP contribution is 2.44. The molecule has 0 atom stereocenters. The van der Waals surface area contributed by atoms with Gasteiger partial charge in [-0.05, 0) is 46.5 Å². The van der Waals surface area contributed by atoms with Crippen molar-refractivity contribution in [2.75, 3.05) is 0 Å². The van der Waals surface area contributed by atoms with E-state index in [4.69, 9.17) is 42.7 Å². The summed E-state index contributed by atoms with van der Waals surface area (Å²) in [7, 11) is 0. The van der Waals surface area contributed by atoms with Crippen molar-refractivity contribution in [1.82, 2.24) is 0 Å². The highest BCUT2D eigenvalue weighted by molar-refractivity contribution is 6.35. The molecule has 0 saturated carbocycles. The summed E-state index contributed by atoms with van der Waals surface area (Å²) in [6.45, 7) is 0. The molecule has 0 unspecified atom stereocenters. The summed E-state index contributed by atoms with van der Waals surface area (Å²) in [5.74, 6) is 1.95. The minimum Gasteiger partial charge on any atom is -0.451 e. The van der Waals surface area contributed by atoms with Gasteiger partial charge in [-0.15, -0.1) is 0 Å². The van der Waals surface area contributed by atoms with Gasteiger partial charge in [0.1, 0.15) is 32.1 Å². The summed E-state index contributed by atoms with van der Waals surface area (Å²) in [5, 5.41) is 1.47. The Morgan fingerprint density at radius 3 is 1.31 bits per heavy atom. The molecule has 5 aromatic carbocycles. The third kappa shape index (κ3) is 3.38. The lowest BCUT2D eigenvalue weighted by Crippen LogP contribution is -2.22. The van der Waals surface area contributed by atoms with Crippen LogP contribution in [0.15, 0.2) is 107 Å². The average Bonchev–Trinajstić information content (AvgIpc) is 2.94. The van der Waals surface area contributed by atoms with E-state index in [0.717, 1.165) is 22.3 Å². The Bertz CT molecular complexity index is 1670. The summed E-state index contributed by atoms with van der Waals surface area (Å²) < 4.78 is 12.5. The number of fused-ring (bicyclic) bond motifs is 4. The van der Waals surface area contributed by atoms with Crippen molar-refractivity contribution in [2.24, 2.45) is 9.98 Å². The van der Waals surface area contributed by atoms with Crippen LogP contribution in [0, 0.1) is 0 Å². The Kier molecular flexibility index (Phi) is 4.84. The molecule has 7 rings (SSSR count). The standard InChI is InChI=1S/C30H16Cl2N2O2/c31-25-28-30(36-24-16-20(12-14-22(24)34-28)18-9-5-2-6-10-18)26(32)27-29(25)35-23-15-19(11-13-21(23)33-27)17-7-3-1-4-8-17/h1-16H. The van der Waals surface area contributed by atoms with Crippen molar-refractivity contribution in [3.8, 4) is 45.3 Å². The van der Waals surface area contributed by atoms with Crippen molar-refractivity contribution < 1.29 is 9.47 Å². The van der Waals surface area contributed by atoms with Crippen LogP contribution in [-0.4, -0.2) is 0 Å². The molecule has 0 aromatic heterocycles. The first-order chi connectivity index (χ1) is 17.7. The van der Waals surface area contributed by atoms with Crippen molar-refractivity contribution >= 4 is 34.6 Å². The first-order valence-electron chi connectivity index (χ1n) is 11.4. The molecule has 0 spiro atoms. The van der Waals surface area contributed by atoms with E-state index in [9.17, 15) is 0 Å². The zero-order valence-corrected chi connectivity index (χ0v) is 20.2. The maximum Gasteiger partial charge on any atom is 0.175 e. The van der Waals surface area contributed by atoms with Crippen LogP contribution in [0.2, 0.25) is 10.0 Å². The summed E-state index contributed by atoms with van der Waals surface area (Å²) >= 11 is 13.6. The van der Waals surface area contributed by atoms with Gasteiger partial charge in [-0.25, -0.2) is 9.98 Å². The third-order valence-electron chi connectivity index (χ3n) is 6.27. The Morgan fingerprint density at radius 1 is 0.472 bits per heavy atom. The van der Waals surface area contributed by atoms with E-state index in [1.807, 2.05) is 97.1 Å². The highest BCUT2D eigenvalue weighted by Gasteiger charge is 2.27. The molecule has 0 radical (unpaired) electrons. The molecule has 0 N–H and O–H groups in total. The second-order valence-electron chi connectivity index (χ2n) is 8.51. The molecule has 2 aliphatic rings. The first-order valence-corrected chi connectivity index (χ1v) is 12.1. The first kappa shape index (κ1) is 21.2. The Labute approximate surface area is 216 Å². The Morgan fingerprint density at radius 2 is 0.889 bits per heavy atom. The maximum atomic E-state index is 6.82. The van der Waals surface area contributed by atoms with Crippen LogP contribution in [0.4, 0.5) is 11.4 Å². The van der Waals surface area contributed by atoms with Crippen LogP contribution in [0.1, 0.15) is 0 Å². The minimum absolute atomic E-state index is 0.307. The van der Waals surface area contributed by atoms with E-state index in [1.54, 1.807) is 0 Å². The molecule has 0 fully saturated rings. The molecule has 0 aliphatic carbocycles. The van der Waals surface area contributed by atoms with Crippen molar-refractivity contribution in [3.05, 3.63) is 118 Å². The Hall–Kier alpha value is -4.12. The molecule has 0 amide bonds. The molecule has 172 valence electrons. The summed E-state index contributed by atoms with van der Waals surface area (Å²) in [6.07, 6.45) is 0. The van der Waals surface area contributed by atoms with Crippen LogP contribution >= 0.6 is 23.2 Å². The molecule has 2 heterocycles.